The van der Waals surface area contributed by atoms with E-state index in [0.29, 0.717) is 38.8 Å². The molecule has 2 N–H and O–H groups in total. The van der Waals surface area contributed by atoms with Crippen molar-refractivity contribution < 1.29 is 33.8 Å². The number of amides is 3. The van der Waals surface area contributed by atoms with Crippen LogP contribution in [0.25, 0.3) is 0 Å². The number of hydrogen-bond donors (Lipinski definition) is 2. The van der Waals surface area contributed by atoms with E-state index in [4.69, 9.17) is 4.74 Å². The number of benzene rings is 1. The standard InChI is InChI=1S/C39H61N3O7/c1-3-4-5-6-7-8-9-10-11-12-13-14-15-20-37(46)41-27-17-19-34(41)38(47)42-28-16-18-33(42)35(44)25-26-36(45)40-32(39(48)49-2)29-30-21-23-31(43)24-22-30/h21-24,32-34,43H,3-20,25-29H2,1-2H3,(H,40,45)/t32-,33-,34-/m0/s1. The fourth-order valence-electron chi connectivity index (χ4n) is 7.19. The number of carbonyl (C=O) groups is 5. The second-order valence-corrected chi connectivity index (χ2v) is 13.9. The number of carbonyl (C=O) groups excluding carboxylic acids is 5. The molecule has 2 saturated heterocycles. The van der Waals surface area contributed by atoms with Crippen molar-refractivity contribution in [3.8, 4) is 5.75 Å². The predicted molar refractivity (Wildman–Crippen MR) is 190 cm³/mol. The van der Waals surface area contributed by atoms with Crippen LogP contribution < -0.4 is 5.32 Å². The molecule has 10 heteroatoms. The van der Waals surface area contributed by atoms with E-state index in [1.54, 1.807) is 21.9 Å². The normalized spacial score (nSPS) is 18.0. The maximum Gasteiger partial charge on any atom is 0.328 e. The first-order chi connectivity index (χ1) is 23.7. The Morgan fingerprint density at radius 2 is 1.31 bits per heavy atom. The van der Waals surface area contributed by atoms with Crippen LogP contribution in [0.1, 0.15) is 141 Å². The molecular formula is C39H61N3O7. The fourth-order valence-corrected chi connectivity index (χ4v) is 7.19. The third-order valence-corrected chi connectivity index (χ3v) is 10.1. The molecule has 1 aromatic rings. The average Bonchev–Trinajstić information content (AvgIpc) is 3.80. The van der Waals surface area contributed by atoms with E-state index in [-0.39, 0.29) is 42.6 Å². The molecule has 2 aliphatic heterocycles. The van der Waals surface area contributed by atoms with Crippen LogP contribution in [-0.4, -0.2) is 82.7 Å². The van der Waals surface area contributed by atoms with Crippen molar-refractivity contribution in [2.45, 2.75) is 160 Å². The summed E-state index contributed by atoms with van der Waals surface area (Å²) in [4.78, 5) is 68.6. The maximum atomic E-state index is 13.7. The van der Waals surface area contributed by atoms with E-state index in [2.05, 4.69) is 12.2 Å². The van der Waals surface area contributed by atoms with E-state index in [9.17, 15) is 29.1 Å². The number of nitrogens with zero attached hydrogens (tertiary/aromatic N) is 2. The quantitative estimate of drug-likeness (QED) is 0.101. The van der Waals surface area contributed by atoms with Gasteiger partial charge in [-0.05, 0) is 49.8 Å². The molecule has 2 heterocycles. The van der Waals surface area contributed by atoms with Crippen LogP contribution in [0.5, 0.6) is 5.75 Å². The zero-order valence-electron chi connectivity index (χ0n) is 30.1. The maximum absolute atomic E-state index is 13.7. The number of methoxy groups -OCH3 is 1. The Kier molecular flexibility index (Phi) is 18.2. The Hall–Kier alpha value is -3.43. The van der Waals surface area contributed by atoms with Gasteiger partial charge < -0.3 is 25.0 Å². The van der Waals surface area contributed by atoms with Gasteiger partial charge in [-0.15, -0.1) is 0 Å². The largest absolute Gasteiger partial charge is 0.508 e. The molecule has 3 atom stereocenters. The molecule has 274 valence electrons. The van der Waals surface area contributed by atoms with Gasteiger partial charge in [-0.25, -0.2) is 4.79 Å². The number of aromatic hydroxyl groups is 1. The zero-order chi connectivity index (χ0) is 35.4. The number of unbranched alkanes of at least 4 members (excludes halogenated alkanes) is 12. The van der Waals surface area contributed by atoms with Gasteiger partial charge in [0.25, 0.3) is 0 Å². The van der Waals surface area contributed by atoms with Crippen molar-refractivity contribution in [2.75, 3.05) is 20.2 Å². The number of esters is 1. The van der Waals surface area contributed by atoms with E-state index in [1.807, 2.05) is 0 Å². The Morgan fingerprint density at radius 1 is 0.755 bits per heavy atom. The third kappa shape index (κ3) is 13.8. The Labute approximate surface area is 293 Å². The van der Waals surface area contributed by atoms with Gasteiger partial charge in [0, 0.05) is 38.8 Å². The van der Waals surface area contributed by atoms with Gasteiger partial charge in [0.05, 0.1) is 13.2 Å². The molecule has 2 fully saturated rings. The first-order valence-electron chi connectivity index (χ1n) is 19.0. The number of nitrogens with one attached hydrogen (secondary N) is 1. The second-order valence-electron chi connectivity index (χ2n) is 13.9. The number of rotatable bonds is 23. The molecule has 3 rings (SSSR count). The van der Waals surface area contributed by atoms with Gasteiger partial charge in [-0.2, -0.15) is 0 Å². The molecule has 3 amide bonds. The van der Waals surface area contributed by atoms with Crippen LogP contribution in [0, 0.1) is 0 Å². The Balaban J connectivity index is 1.37. The van der Waals surface area contributed by atoms with Gasteiger partial charge in [-0.3, -0.25) is 19.2 Å². The summed E-state index contributed by atoms with van der Waals surface area (Å²) in [7, 11) is 1.24. The molecule has 0 unspecified atom stereocenters. The lowest BCUT2D eigenvalue weighted by Gasteiger charge is -2.31. The van der Waals surface area contributed by atoms with Crippen molar-refractivity contribution in [2.24, 2.45) is 0 Å². The number of Topliss-reactive ketones (excluding diaryl/α,β-unsaturated/α-hetero) is 1. The molecule has 0 aliphatic carbocycles. The summed E-state index contributed by atoms with van der Waals surface area (Å²) >= 11 is 0. The molecule has 2 aliphatic rings. The van der Waals surface area contributed by atoms with Crippen molar-refractivity contribution >= 4 is 29.5 Å². The SMILES string of the molecule is CCCCCCCCCCCCCCCC(=O)N1CCC[C@H]1C(=O)N1CCC[C@H]1C(=O)CCC(=O)N[C@@H](Cc1ccc(O)cc1)C(=O)OC. The van der Waals surface area contributed by atoms with Gasteiger partial charge in [0.15, 0.2) is 5.78 Å². The summed E-state index contributed by atoms with van der Waals surface area (Å²) in [5.74, 6) is -1.28. The smallest absolute Gasteiger partial charge is 0.328 e. The first-order valence-corrected chi connectivity index (χ1v) is 19.0. The summed E-state index contributed by atoms with van der Waals surface area (Å²) in [6.07, 6.45) is 19.3. The topological polar surface area (TPSA) is 133 Å². The number of hydrogen-bond acceptors (Lipinski definition) is 7. The highest BCUT2D eigenvalue weighted by molar-refractivity contribution is 5.95. The van der Waals surface area contributed by atoms with E-state index in [0.717, 1.165) is 31.2 Å². The fraction of sp³-hybridized carbons (Fsp3) is 0.718. The van der Waals surface area contributed by atoms with Gasteiger partial charge in [-0.1, -0.05) is 96.1 Å². The molecule has 0 spiro atoms. The predicted octanol–water partition coefficient (Wildman–Crippen LogP) is 6.41. The van der Waals surface area contributed by atoms with Gasteiger partial charge in [0.2, 0.25) is 17.7 Å². The van der Waals surface area contributed by atoms with Crippen LogP contribution in [0.2, 0.25) is 0 Å². The van der Waals surface area contributed by atoms with Crippen molar-refractivity contribution in [1.82, 2.24) is 15.1 Å². The number of ketones is 1. The molecule has 49 heavy (non-hydrogen) atoms. The lowest BCUT2D eigenvalue weighted by atomic mass is 10.0. The summed E-state index contributed by atoms with van der Waals surface area (Å²) in [5.41, 5.74) is 0.730. The summed E-state index contributed by atoms with van der Waals surface area (Å²) in [5, 5.41) is 12.2. The molecule has 0 saturated carbocycles. The number of ether oxygens (including phenoxy) is 1. The van der Waals surface area contributed by atoms with Crippen LogP contribution in [0.3, 0.4) is 0 Å². The zero-order valence-corrected chi connectivity index (χ0v) is 30.1. The molecule has 0 radical (unpaired) electrons. The minimum Gasteiger partial charge on any atom is -0.508 e. The van der Waals surface area contributed by atoms with E-state index in [1.165, 1.54) is 83.5 Å². The minimum absolute atomic E-state index is 0.0325. The highest BCUT2D eigenvalue weighted by atomic mass is 16.5. The number of phenols is 1. The first kappa shape index (κ1) is 40.0. The minimum atomic E-state index is -0.938. The number of likely N-dealkylation sites (tertiary alicyclic amines) is 2. The summed E-state index contributed by atoms with van der Waals surface area (Å²) < 4.78 is 4.85. The van der Waals surface area contributed by atoms with Crippen LogP contribution >= 0.6 is 0 Å². The monoisotopic (exact) mass is 683 g/mol. The Morgan fingerprint density at radius 3 is 1.90 bits per heavy atom. The van der Waals surface area contributed by atoms with E-state index < -0.39 is 30.0 Å². The molecule has 1 aromatic carbocycles. The molecule has 10 nitrogen and oxygen atoms in total. The average molecular weight is 684 g/mol. The second kappa shape index (κ2) is 22.3. The molecule has 0 aromatic heterocycles. The van der Waals surface area contributed by atoms with Crippen LogP contribution in [0.15, 0.2) is 24.3 Å². The lowest BCUT2D eigenvalue weighted by molar-refractivity contribution is -0.146. The van der Waals surface area contributed by atoms with Gasteiger partial charge in [0.1, 0.15) is 17.8 Å². The van der Waals surface area contributed by atoms with Crippen molar-refractivity contribution in [3.05, 3.63) is 29.8 Å². The van der Waals surface area contributed by atoms with Crippen LogP contribution in [-0.2, 0) is 35.1 Å². The van der Waals surface area contributed by atoms with Gasteiger partial charge >= 0.3 is 5.97 Å². The lowest BCUT2D eigenvalue weighted by Crippen LogP contribution is -2.51. The highest BCUT2D eigenvalue weighted by Crippen LogP contribution is 2.27. The Bertz CT molecular complexity index is 1190. The highest BCUT2D eigenvalue weighted by Gasteiger charge is 2.41. The molecule has 0 bridgehead atoms. The van der Waals surface area contributed by atoms with Crippen LogP contribution in [0.4, 0.5) is 0 Å². The van der Waals surface area contributed by atoms with Crippen molar-refractivity contribution in [3.63, 3.8) is 0 Å². The summed E-state index contributed by atoms with van der Waals surface area (Å²) in [6, 6.07) is 4.25. The summed E-state index contributed by atoms with van der Waals surface area (Å²) in [6.45, 7) is 3.29. The third-order valence-electron chi connectivity index (χ3n) is 10.1. The van der Waals surface area contributed by atoms with Crippen molar-refractivity contribution in [1.29, 1.82) is 0 Å². The molecular weight excluding hydrogens is 622 g/mol. The number of phenolic OH excluding ortho intramolecular Hbond substituents is 1. The van der Waals surface area contributed by atoms with E-state index >= 15 is 0 Å².